The molecule has 3 fully saturated rings. The third kappa shape index (κ3) is 3.92. The number of ether oxygens (including phenoxy) is 1. The summed E-state index contributed by atoms with van der Waals surface area (Å²) < 4.78 is 6.17. The van der Waals surface area contributed by atoms with E-state index in [0.29, 0.717) is 35.3 Å². The van der Waals surface area contributed by atoms with Crippen LogP contribution in [0.1, 0.15) is 44.6 Å². The molecule has 35 heavy (non-hydrogen) atoms. The lowest BCUT2D eigenvalue weighted by molar-refractivity contribution is -0.130. The lowest BCUT2D eigenvalue weighted by atomic mass is 9.75. The summed E-state index contributed by atoms with van der Waals surface area (Å²) in [4.78, 5) is 38.2. The second kappa shape index (κ2) is 8.93. The molecule has 3 heterocycles. The van der Waals surface area contributed by atoms with Crippen LogP contribution in [-0.2, 0) is 9.59 Å². The molecule has 2 aromatic rings. The Morgan fingerprint density at radius 3 is 2.43 bits per heavy atom. The van der Waals surface area contributed by atoms with E-state index >= 15 is 0 Å². The smallest absolute Gasteiger partial charge is 0.272 e. The maximum Gasteiger partial charge on any atom is 0.272 e. The van der Waals surface area contributed by atoms with Crippen molar-refractivity contribution < 1.29 is 14.3 Å². The topological polar surface area (TPSA) is 70.3 Å². The van der Waals surface area contributed by atoms with Gasteiger partial charge in [-0.3, -0.25) is 14.5 Å². The fraction of sp³-hybridized carbons (Fsp3) is 0.423. The van der Waals surface area contributed by atoms with E-state index in [9.17, 15) is 9.59 Å². The predicted octanol–water partition coefficient (Wildman–Crippen LogP) is 4.39. The SMILES string of the molecule is [C-]#[N+]c1ncc(N2C(=O)C3(CCC3)N(c3ccc(OC4CCN(C(C)=O)CC4)cc3)C2=S)cc1C. The van der Waals surface area contributed by atoms with Crippen molar-refractivity contribution in [2.24, 2.45) is 0 Å². The number of aromatic nitrogens is 1. The number of hydrogen-bond acceptors (Lipinski definition) is 5. The number of amides is 2. The highest BCUT2D eigenvalue weighted by molar-refractivity contribution is 7.81. The summed E-state index contributed by atoms with van der Waals surface area (Å²) in [6, 6.07) is 9.55. The number of anilines is 2. The zero-order valence-electron chi connectivity index (χ0n) is 19.9. The van der Waals surface area contributed by atoms with Gasteiger partial charge in [-0.1, -0.05) is 6.57 Å². The first kappa shape index (κ1) is 23.2. The normalized spacial score (nSPS) is 19.6. The number of carbonyl (C=O) groups excluding carboxylic acids is 2. The maximum absolute atomic E-state index is 13.6. The Labute approximate surface area is 210 Å². The largest absolute Gasteiger partial charge is 0.490 e. The fourth-order valence-electron chi connectivity index (χ4n) is 5.15. The van der Waals surface area contributed by atoms with Gasteiger partial charge in [0.05, 0.1) is 5.69 Å². The summed E-state index contributed by atoms with van der Waals surface area (Å²) >= 11 is 5.83. The third-order valence-electron chi connectivity index (χ3n) is 7.28. The van der Waals surface area contributed by atoms with Crippen LogP contribution in [0.4, 0.5) is 17.2 Å². The van der Waals surface area contributed by atoms with E-state index < -0.39 is 5.54 Å². The number of aryl methyl sites for hydroxylation is 1. The van der Waals surface area contributed by atoms with E-state index in [1.807, 2.05) is 41.0 Å². The van der Waals surface area contributed by atoms with Gasteiger partial charge in [-0.15, -0.1) is 4.98 Å². The summed E-state index contributed by atoms with van der Waals surface area (Å²) in [5, 5.41) is 0.428. The highest BCUT2D eigenvalue weighted by atomic mass is 32.1. The van der Waals surface area contributed by atoms with Crippen molar-refractivity contribution >= 4 is 46.3 Å². The van der Waals surface area contributed by atoms with Gasteiger partial charge in [-0.05, 0) is 74.3 Å². The average molecular weight is 490 g/mol. The van der Waals surface area contributed by atoms with Crippen LogP contribution in [0, 0.1) is 13.5 Å². The summed E-state index contributed by atoms with van der Waals surface area (Å²) in [5.41, 5.74) is 1.48. The number of hydrogen-bond donors (Lipinski definition) is 0. The Kier molecular flexibility index (Phi) is 5.93. The lowest BCUT2D eigenvalue weighted by Crippen LogP contribution is -2.55. The van der Waals surface area contributed by atoms with E-state index in [2.05, 4.69) is 9.83 Å². The number of carbonyl (C=O) groups is 2. The molecule has 9 heteroatoms. The van der Waals surface area contributed by atoms with Crippen molar-refractivity contribution in [1.29, 1.82) is 0 Å². The molecule has 2 aliphatic heterocycles. The van der Waals surface area contributed by atoms with Gasteiger partial charge in [0, 0.05) is 38.5 Å². The zero-order chi connectivity index (χ0) is 24.7. The number of piperidine rings is 1. The molecule has 3 aliphatic rings. The first-order chi connectivity index (χ1) is 16.8. The molecule has 1 aromatic carbocycles. The number of pyridine rings is 1. The number of rotatable bonds is 4. The number of nitrogens with zero attached hydrogens (tertiary/aromatic N) is 5. The van der Waals surface area contributed by atoms with E-state index in [-0.39, 0.29) is 17.9 Å². The monoisotopic (exact) mass is 489 g/mol. The Morgan fingerprint density at radius 1 is 1.20 bits per heavy atom. The third-order valence-corrected chi connectivity index (χ3v) is 7.64. The van der Waals surface area contributed by atoms with Crippen LogP contribution in [-0.4, -0.2) is 51.5 Å². The van der Waals surface area contributed by atoms with Gasteiger partial charge < -0.3 is 19.4 Å². The van der Waals surface area contributed by atoms with Crippen LogP contribution in [0.3, 0.4) is 0 Å². The molecule has 0 unspecified atom stereocenters. The molecule has 1 aromatic heterocycles. The Bertz CT molecular complexity index is 1230. The lowest BCUT2D eigenvalue weighted by Gasteiger charge is -2.43. The van der Waals surface area contributed by atoms with Crippen LogP contribution in [0.15, 0.2) is 36.5 Å². The minimum absolute atomic E-state index is 0.0388. The van der Waals surface area contributed by atoms with Crippen molar-refractivity contribution in [2.75, 3.05) is 22.9 Å². The van der Waals surface area contributed by atoms with Crippen molar-refractivity contribution in [3.63, 3.8) is 0 Å². The molecule has 8 nitrogen and oxygen atoms in total. The average Bonchev–Trinajstić information content (AvgIpc) is 3.06. The first-order valence-corrected chi connectivity index (χ1v) is 12.3. The summed E-state index contributed by atoms with van der Waals surface area (Å²) in [5.74, 6) is 1.16. The Balaban J connectivity index is 1.36. The molecule has 2 amide bonds. The molecule has 0 N–H and O–H groups in total. The highest BCUT2D eigenvalue weighted by Crippen LogP contribution is 2.48. The van der Waals surface area contributed by atoms with Gasteiger partial charge in [0.15, 0.2) is 5.11 Å². The van der Waals surface area contributed by atoms with Crippen LogP contribution < -0.4 is 14.5 Å². The molecule has 5 rings (SSSR count). The van der Waals surface area contributed by atoms with Gasteiger partial charge >= 0.3 is 0 Å². The molecule has 1 spiro atoms. The van der Waals surface area contributed by atoms with Gasteiger partial charge in [0.25, 0.3) is 11.7 Å². The van der Waals surface area contributed by atoms with Crippen LogP contribution >= 0.6 is 12.2 Å². The Morgan fingerprint density at radius 2 is 1.89 bits per heavy atom. The molecule has 1 aliphatic carbocycles. The molecule has 180 valence electrons. The summed E-state index contributed by atoms with van der Waals surface area (Å²) in [6.07, 6.45) is 5.69. The predicted molar refractivity (Wildman–Crippen MR) is 137 cm³/mol. The van der Waals surface area contributed by atoms with E-state index in [4.69, 9.17) is 23.5 Å². The van der Waals surface area contributed by atoms with Crippen molar-refractivity contribution in [3.05, 3.63) is 53.5 Å². The number of thiocarbonyl (C=S) groups is 1. The summed E-state index contributed by atoms with van der Waals surface area (Å²) in [7, 11) is 0. The molecule has 1 saturated carbocycles. The Hall–Kier alpha value is -3.51. The first-order valence-electron chi connectivity index (χ1n) is 11.9. The molecule has 0 radical (unpaired) electrons. The molecule has 0 atom stereocenters. The molecule has 2 saturated heterocycles. The van der Waals surface area contributed by atoms with Crippen molar-refractivity contribution in [3.8, 4) is 5.75 Å². The minimum atomic E-state index is -0.675. The standard InChI is InChI=1S/C26H27N5O3S/c1-17-15-20(16-28-23(17)27-3)30-24(33)26(11-4-12-26)31(25(30)35)19-5-7-21(8-6-19)34-22-9-13-29(14-10-22)18(2)32/h5-8,15-16,22H,4,9-14H2,1-2H3. The van der Waals surface area contributed by atoms with Crippen molar-refractivity contribution in [1.82, 2.24) is 9.88 Å². The summed E-state index contributed by atoms with van der Waals surface area (Å²) in [6.45, 7) is 12.1. The number of benzene rings is 1. The van der Waals surface area contributed by atoms with Crippen molar-refractivity contribution in [2.45, 2.75) is 57.6 Å². The molecular weight excluding hydrogens is 462 g/mol. The zero-order valence-corrected chi connectivity index (χ0v) is 20.7. The fourth-order valence-corrected chi connectivity index (χ4v) is 5.62. The highest BCUT2D eigenvalue weighted by Gasteiger charge is 2.59. The quantitative estimate of drug-likeness (QED) is 0.469. The molecular formula is C26H27N5O3S. The second-order valence-electron chi connectivity index (χ2n) is 9.41. The van der Waals surface area contributed by atoms with Gasteiger partial charge in [0.2, 0.25) is 5.91 Å². The van der Waals surface area contributed by atoms with E-state index in [1.165, 1.54) is 0 Å². The molecule has 0 bridgehead atoms. The second-order valence-corrected chi connectivity index (χ2v) is 9.77. The van der Waals surface area contributed by atoms with Gasteiger partial charge in [-0.2, -0.15) is 0 Å². The van der Waals surface area contributed by atoms with Gasteiger partial charge in [0.1, 0.15) is 23.6 Å². The number of likely N-dealkylation sites (tertiary alicyclic amines) is 1. The van der Waals surface area contributed by atoms with E-state index in [1.54, 1.807) is 24.1 Å². The van der Waals surface area contributed by atoms with Crippen LogP contribution in [0.25, 0.3) is 4.85 Å². The minimum Gasteiger partial charge on any atom is -0.490 e. The van der Waals surface area contributed by atoms with Crippen LogP contribution in [0.5, 0.6) is 5.75 Å². The maximum atomic E-state index is 13.6. The van der Waals surface area contributed by atoms with E-state index in [0.717, 1.165) is 43.5 Å². The van der Waals surface area contributed by atoms with Crippen LogP contribution in [0.2, 0.25) is 0 Å². The van der Waals surface area contributed by atoms with Gasteiger partial charge in [-0.25, -0.2) is 0 Å².